The van der Waals surface area contributed by atoms with Gasteiger partial charge >= 0.3 is 0 Å². The van der Waals surface area contributed by atoms with E-state index in [1.807, 2.05) is 10.3 Å². The third-order valence-corrected chi connectivity index (χ3v) is 5.91. The molecule has 10 heteroatoms. The number of hydrogen-bond acceptors (Lipinski definition) is 8. The van der Waals surface area contributed by atoms with Crippen LogP contribution in [0.5, 0.6) is 0 Å². The fraction of sp³-hybridized carbons (Fsp3) is 0.750. The SMILES string of the molecule is CS(=O)(=O)N1CCC(N([O-])NCCN2CSC=C2C#N)CC1. The van der Waals surface area contributed by atoms with E-state index >= 15 is 0 Å². The lowest BCUT2D eigenvalue weighted by Crippen LogP contribution is -2.50. The Labute approximate surface area is 135 Å². The summed E-state index contributed by atoms with van der Waals surface area (Å²) in [5, 5.41) is 23.6. The number of sulfonamides is 1. The first kappa shape index (κ1) is 17.5. The van der Waals surface area contributed by atoms with E-state index in [0.29, 0.717) is 44.7 Å². The van der Waals surface area contributed by atoms with Gasteiger partial charge in [0.25, 0.3) is 0 Å². The van der Waals surface area contributed by atoms with Gasteiger partial charge in [-0.05, 0) is 12.8 Å². The molecule has 0 aliphatic carbocycles. The van der Waals surface area contributed by atoms with Crippen LogP contribution in [-0.4, -0.2) is 67.1 Å². The standard InChI is InChI=1S/C12H20N5O3S2/c1-22(19,20)16-5-2-11(3-6-16)17(18)14-4-7-15-10-21-9-12(15)8-13/h9,11,14H,2-7,10H2,1H3/q-1. The van der Waals surface area contributed by atoms with Gasteiger partial charge in [0.15, 0.2) is 0 Å². The number of nitrogens with one attached hydrogen (secondary N) is 1. The number of piperidine rings is 1. The van der Waals surface area contributed by atoms with Crippen LogP contribution in [0.1, 0.15) is 12.8 Å². The molecule has 2 aliphatic rings. The molecule has 1 saturated heterocycles. The molecule has 2 heterocycles. The number of nitrogens with zero attached hydrogens (tertiary/aromatic N) is 4. The number of thioether (sulfide) groups is 1. The highest BCUT2D eigenvalue weighted by atomic mass is 32.2. The van der Waals surface area contributed by atoms with E-state index in [4.69, 9.17) is 5.26 Å². The van der Waals surface area contributed by atoms with Crippen LogP contribution in [0.25, 0.3) is 0 Å². The average molecular weight is 346 g/mol. The molecule has 0 aromatic carbocycles. The number of rotatable bonds is 6. The Balaban J connectivity index is 1.70. The van der Waals surface area contributed by atoms with Crippen LogP contribution in [0.4, 0.5) is 0 Å². The van der Waals surface area contributed by atoms with Crippen molar-refractivity contribution in [1.82, 2.24) is 19.8 Å². The van der Waals surface area contributed by atoms with Crippen LogP contribution in [0.3, 0.4) is 0 Å². The van der Waals surface area contributed by atoms with Crippen LogP contribution >= 0.6 is 11.8 Å². The zero-order chi connectivity index (χ0) is 16.2. The van der Waals surface area contributed by atoms with E-state index in [9.17, 15) is 13.6 Å². The third kappa shape index (κ3) is 4.58. The van der Waals surface area contributed by atoms with Crippen molar-refractivity contribution in [2.24, 2.45) is 0 Å². The van der Waals surface area contributed by atoms with E-state index in [1.54, 1.807) is 11.8 Å². The summed E-state index contributed by atoms with van der Waals surface area (Å²) in [6.07, 6.45) is 2.23. The van der Waals surface area contributed by atoms with E-state index in [0.717, 1.165) is 11.0 Å². The normalized spacial score (nSPS) is 21.2. The van der Waals surface area contributed by atoms with Gasteiger partial charge in [-0.2, -0.15) is 5.26 Å². The second-order valence-electron chi connectivity index (χ2n) is 5.30. The molecule has 2 rings (SSSR count). The molecular weight excluding hydrogens is 326 g/mol. The lowest BCUT2D eigenvalue weighted by atomic mass is 10.1. The van der Waals surface area contributed by atoms with Crippen molar-refractivity contribution in [1.29, 1.82) is 5.26 Å². The first-order chi connectivity index (χ1) is 10.4. The minimum atomic E-state index is -3.17. The van der Waals surface area contributed by atoms with Crippen LogP contribution < -0.4 is 5.43 Å². The highest BCUT2D eigenvalue weighted by molar-refractivity contribution is 8.02. The quantitative estimate of drug-likeness (QED) is 0.675. The minimum absolute atomic E-state index is 0.211. The Kier molecular flexibility index (Phi) is 6.08. The molecule has 0 spiro atoms. The highest BCUT2D eigenvalue weighted by Crippen LogP contribution is 2.21. The number of nitriles is 1. The van der Waals surface area contributed by atoms with Gasteiger partial charge in [-0.25, -0.2) is 12.7 Å². The van der Waals surface area contributed by atoms with E-state index in [1.165, 1.54) is 10.6 Å². The molecule has 0 amide bonds. The molecule has 0 aromatic rings. The average Bonchev–Trinajstić information content (AvgIpc) is 2.94. The minimum Gasteiger partial charge on any atom is -0.771 e. The van der Waals surface area contributed by atoms with Gasteiger partial charge < -0.3 is 15.3 Å². The largest absolute Gasteiger partial charge is 0.771 e. The second-order valence-corrected chi connectivity index (χ2v) is 8.11. The molecule has 22 heavy (non-hydrogen) atoms. The molecule has 0 atom stereocenters. The molecule has 1 N–H and O–H groups in total. The van der Waals surface area contributed by atoms with Crippen molar-refractivity contribution in [3.8, 4) is 6.07 Å². The molecule has 0 aromatic heterocycles. The Morgan fingerprint density at radius 2 is 2.23 bits per heavy atom. The van der Waals surface area contributed by atoms with Crippen LogP contribution in [0, 0.1) is 16.5 Å². The molecule has 0 saturated carbocycles. The lowest BCUT2D eigenvalue weighted by Gasteiger charge is -2.42. The van der Waals surface area contributed by atoms with Crippen LogP contribution in [0.2, 0.25) is 0 Å². The molecule has 0 unspecified atom stereocenters. The predicted octanol–water partition coefficient (Wildman–Crippen LogP) is 0.0861. The zero-order valence-electron chi connectivity index (χ0n) is 12.4. The van der Waals surface area contributed by atoms with Gasteiger partial charge in [0.2, 0.25) is 10.0 Å². The van der Waals surface area contributed by atoms with Crippen molar-refractivity contribution in [3.63, 3.8) is 0 Å². The first-order valence-corrected chi connectivity index (χ1v) is 9.93. The Morgan fingerprint density at radius 3 is 2.82 bits per heavy atom. The van der Waals surface area contributed by atoms with Crippen molar-refractivity contribution in [3.05, 3.63) is 16.3 Å². The third-order valence-electron chi connectivity index (χ3n) is 3.75. The number of hydrazine groups is 1. The van der Waals surface area contributed by atoms with Gasteiger partial charge in [0.05, 0.1) is 12.1 Å². The molecule has 0 bridgehead atoms. The molecule has 8 nitrogen and oxygen atoms in total. The smallest absolute Gasteiger partial charge is 0.211 e. The second kappa shape index (κ2) is 7.63. The van der Waals surface area contributed by atoms with E-state index in [-0.39, 0.29) is 6.04 Å². The van der Waals surface area contributed by atoms with Crippen LogP contribution in [-0.2, 0) is 10.0 Å². The van der Waals surface area contributed by atoms with Gasteiger partial charge in [-0.3, -0.25) is 5.43 Å². The summed E-state index contributed by atoms with van der Waals surface area (Å²) in [7, 11) is -3.17. The maximum Gasteiger partial charge on any atom is 0.211 e. The number of allylic oxidation sites excluding steroid dienone is 1. The van der Waals surface area contributed by atoms with Gasteiger partial charge in [-0.1, -0.05) is 0 Å². The topological polar surface area (TPSA) is 103 Å². The highest BCUT2D eigenvalue weighted by Gasteiger charge is 2.25. The molecule has 124 valence electrons. The van der Waals surface area contributed by atoms with Crippen molar-refractivity contribution in [2.75, 3.05) is 38.3 Å². The summed E-state index contributed by atoms with van der Waals surface area (Å²) in [4.78, 5) is 1.91. The zero-order valence-corrected chi connectivity index (χ0v) is 14.1. The van der Waals surface area contributed by atoms with E-state index < -0.39 is 10.0 Å². The van der Waals surface area contributed by atoms with Crippen molar-refractivity contribution < 1.29 is 8.42 Å². The van der Waals surface area contributed by atoms with Gasteiger partial charge in [0.1, 0.15) is 11.8 Å². The summed E-state index contributed by atoms with van der Waals surface area (Å²) in [6, 6.07) is 1.91. The van der Waals surface area contributed by atoms with E-state index in [2.05, 4.69) is 11.5 Å². The molecule has 0 radical (unpaired) electrons. The van der Waals surface area contributed by atoms with Gasteiger partial charge in [-0.15, -0.1) is 11.8 Å². The summed E-state index contributed by atoms with van der Waals surface area (Å²) in [6.45, 7) is 1.81. The predicted molar refractivity (Wildman–Crippen MR) is 85.5 cm³/mol. The fourth-order valence-electron chi connectivity index (χ4n) is 2.46. The summed E-state index contributed by atoms with van der Waals surface area (Å²) in [5.41, 5.74) is 3.43. The fourth-order valence-corrected chi connectivity index (χ4v) is 4.22. The van der Waals surface area contributed by atoms with Gasteiger partial charge in [0, 0.05) is 37.6 Å². The van der Waals surface area contributed by atoms with Crippen molar-refractivity contribution in [2.45, 2.75) is 18.9 Å². The maximum absolute atomic E-state index is 12.0. The Hall–Kier alpha value is -0.830. The van der Waals surface area contributed by atoms with Crippen LogP contribution in [0.15, 0.2) is 11.1 Å². The summed E-state index contributed by atoms with van der Waals surface area (Å²) < 4.78 is 24.2. The summed E-state index contributed by atoms with van der Waals surface area (Å²) in [5.74, 6) is 0.732. The molecular formula is C12H20N5O3S2-. The molecule has 1 fully saturated rings. The number of hydrogen-bond donors (Lipinski definition) is 1. The number of hydroxylamine groups is 1. The monoisotopic (exact) mass is 346 g/mol. The first-order valence-electron chi connectivity index (χ1n) is 7.03. The maximum atomic E-state index is 12.0. The van der Waals surface area contributed by atoms with Crippen molar-refractivity contribution >= 4 is 21.8 Å². The Bertz CT molecular complexity index is 552. The lowest BCUT2D eigenvalue weighted by molar-refractivity contribution is 0.136. The Morgan fingerprint density at radius 1 is 1.55 bits per heavy atom. The summed E-state index contributed by atoms with van der Waals surface area (Å²) >= 11 is 1.56. The molecule has 2 aliphatic heterocycles.